The lowest BCUT2D eigenvalue weighted by Gasteiger charge is -2.10. The summed E-state index contributed by atoms with van der Waals surface area (Å²) in [6, 6.07) is 10.0. The second-order valence-corrected chi connectivity index (χ2v) is 7.01. The first-order chi connectivity index (χ1) is 15.5. The molecule has 0 unspecified atom stereocenters. The minimum Gasteiger partial charge on any atom is -0.372 e. The van der Waals surface area contributed by atoms with Crippen LogP contribution in [-0.4, -0.2) is 18.8 Å². The van der Waals surface area contributed by atoms with E-state index in [0.717, 1.165) is 8.80 Å². The van der Waals surface area contributed by atoms with Gasteiger partial charge in [0, 0.05) is 21.5 Å². The van der Waals surface area contributed by atoms with Gasteiger partial charge in [0.25, 0.3) is 17.2 Å². The number of pyridine rings is 2. The van der Waals surface area contributed by atoms with E-state index in [2.05, 4.69) is 19.7 Å². The second-order valence-electron chi connectivity index (χ2n) is 7.01. The molecule has 6 rings (SSSR count). The van der Waals surface area contributed by atoms with Crippen LogP contribution >= 0.6 is 0 Å². The van der Waals surface area contributed by atoms with E-state index in [1.807, 2.05) is 12.1 Å². The van der Waals surface area contributed by atoms with Crippen molar-refractivity contribution in [2.75, 3.05) is 0 Å². The van der Waals surface area contributed by atoms with Crippen LogP contribution in [0, 0.1) is 35.8 Å². The number of benzene rings is 2. The Morgan fingerprint density at radius 1 is 0.781 bits per heavy atom. The molecule has 4 aromatic heterocycles. The lowest BCUT2D eigenvalue weighted by atomic mass is 9.96. The van der Waals surface area contributed by atoms with Crippen LogP contribution in [0.15, 0.2) is 33.9 Å². The quantitative estimate of drug-likeness (QED) is 0.279. The zero-order valence-electron chi connectivity index (χ0n) is 15.7. The largest absolute Gasteiger partial charge is 0.372 e. The average Bonchev–Trinajstić information content (AvgIpc) is 3.39. The smallest absolute Gasteiger partial charge is 0.333 e. The molecular formula is C22H4N8O2. The fraction of sp³-hybridized carbons (Fsp3) is 0. The number of imidazole rings is 2. The molecule has 10 heteroatoms. The molecule has 0 bridgehead atoms. The summed E-state index contributed by atoms with van der Waals surface area (Å²) in [5, 5.41) is 21.2. The van der Waals surface area contributed by atoms with Crippen LogP contribution in [0.4, 0.5) is 11.6 Å². The van der Waals surface area contributed by atoms with E-state index in [0.29, 0.717) is 21.5 Å². The van der Waals surface area contributed by atoms with Crippen LogP contribution in [0.1, 0.15) is 11.4 Å². The van der Waals surface area contributed by atoms with Gasteiger partial charge in [-0.15, -0.1) is 0 Å². The number of nitriles is 2. The molecule has 0 radical (unpaired) electrons. The summed E-state index contributed by atoms with van der Waals surface area (Å²) in [6.45, 7) is 14.7. The molecule has 0 amide bonds. The topological polar surface area (TPSA) is 125 Å². The Hall–Kier alpha value is -5.58. The van der Waals surface area contributed by atoms with E-state index in [-0.39, 0.29) is 45.1 Å². The van der Waals surface area contributed by atoms with E-state index >= 15 is 0 Å². The molecule has 0 aliphatic heterocycles. The Morgan fingerprint density at radius 2 is 1.34 bits per heavy atom. The summed E-state index contributed by atoms with van der Waals surface area (Å²) in [5.74, 6) is -0.340. The van der Waals surface area contributed by atoms with Crippen LogP contribution in [0.5, 0.6) is 0 Å². The van der Waals surface area contributed by atoms with Gasteiger partial charge in [-0.1, -0.05) is 18.1 Å². The molecule has 0 aliphatic carbocycles. The Kier molecular flexibility index (Phi) is 2.98. The van der Waals surface area contributed by atoms with Crippen molar-refractivity contribution in [3.05, 3.63) is 79.2 Å². The summed E-state index contributed by atoms with van der Waals surface area (Å²) in [7, 11) is 0. The molecule has 32 heavy (non-hydrogen) atoms. The summed E-state index contributed by atoms with van der Waals surface area (Å²) >= 11 is 0. The van der Waals surface area contributed by atoms with Crippen molar-refractivity contribution in [2.45, 2.75) is 0 Å². The average molecular weight is 412 g/mol. The van der Waals surface area contributed by atoms with Crippen LogP contribution < -0.4 is 11.1 Å². The highest BCUT2D eigenvalue weighted by Crippen LogP contribution is 2.38. The van der Waals surface area contributed by atoms with Gasteiger partial charge < -0.3 is 9.69 Å². The second kappa shape index (κ2) is 5.52. The minimum absolute atomic E-state index is 0.143. The predicted molar refractivity (Wildman–Crippen MR) is 113 cm³/mol. The van der Waals surface area contributed by atoms with Crippen LogP contribution in [-0.2, 0) is 0 Å². The summed E-state index contributed by atoms with van der Waals surface area (Å²) in [4.78, 5) is 41.6. The lowest BCUT2D eigenvalue weighted by molar-refractivity contribution is 1.11. The van der Waals surface area contributed by atoms with Gasteiger partial charge in [0.15, 0.2) is 11.4 Å². The van der Waals surface area contributed by atoms with Gasteiger partial charge in [-0.25, -0.2) is 14.2 Å². The number of hydrogen-bond donors (Lipinski definition) is 0. The molecule has 0 fully saturated rings. The number of nitrogens with zero attached hydrogens (tertiary/aromatic N) is 8. The predicted octanol–water partition coefficient (Wildman–Crippen LogP) is 2.88. The Morgan fingerprint density at radius 3 is 1.88 bits per heavy atom. The van der Waals surface area contributed by atoms with Crippen molar-refractivity contribution in [3.63, 3.8) is 0 Å². The SMILES string of the molecule is [C-]#[N+]c1nc2c3ccc4c5c(ccc(c(=O)n2c1[N+]#[C-])c35)c(=O)n1c(C#N)c(C#N)nc41. The first kappa shape index (κ1) is 17.3. The highest BCUT2D eigenvalue weighted by Gasteiger charge is 2.27. The van der Waals surface area contributed by atoms with Crippen molar-refractivity contribution < 1.29 is 0 Å². The highest BCUT2D eigenvalue weighted by molar-refractivity contribution is 6.27. The first-order valence-corrected chi connectivity index (χ1v) is 9.06. The third kappa shape index (κ3) is 1.71. The summed E-state index contributed by atoms with van der Waals surface area (Å²) in [6.07, 6.45) is 0. The molecule has 2 aromatic carbocycles. The monoisotopic (exact) mass is 412 g/mol. The van der Waals surface area contributed by atoms with Crippen LogP contribution in [0.2, 0.25) is 0 Å². The van der Waals surface area contributed by atoms with Gasteiger partial charge in [0.05, 0.1) is 10.8 Å². The lowest BCUT2D eigenvalue weighted by Crippen LogP contribution is -2.17. The van der Waals surface area contributed by atoms with Crippen molar-refractivity contribution in [2.24, 2.45) is 0 Å². The van der Waals surface area contributed by atoms with Gasteiger partial charge in [-0.3, -0.25) is 4.79 Å². The molecule has 0 saturated heterocycles. The minimum atomic E-state index is -0.535. The number of aromatic nitrogens is 4. The molecule has 6 aromatic rings. The molecule has 0 atom stereocenters. The van der Waals surface area contributed by atoms with E-state index in [4.69, 9.17) is 13.1 Å². The van der Waals surface area contributed by atoms with E-state index in [1.54, 1.807) is 12.1 Å². The Balaban J connectivity index is 2.00. The van der Waals surface area contributed by atoms with Crippen molar-refractivity contribution in [3.8, 4) is 12.1 Å². The zero-order valence-corrected chi connectivity index (χ0v) is 15.7. The molecule has 4 heterocycles. The van der Waals surface area contributed by atoms with Crippen molar-refractivity contribution >= 4 is 55.2 Å². The molecule has 144 valence electrons. The van der Waals surface area contributed by atoms with Gasteiger partial charge in [-0.2, -0.15) is 14.9 Å². The maximum absolute atomic E-state index is 13.3. The maximum Gasteiger partial charge on any atom is 0.333 e. The summed E-state index contributed by atoms with van der Waals surface area (Å²) in [5.41, 5.74) is -1.08. The van der Waals surface area contributed by atoms with Gasteiger partial charge in [-0.05, 0) is 24.3 Å². The molecule has 0 spiro atoms. The standard InChI is InChI=1S/C22H4N8O2/c1-25-17-20(26-2)30-19(28-17)10-4-3-9-15-11(5-6-12(16(10)15)22(30)32)21(31)29-14(8-24)13(7-23)27-18(9)29/h3-6H. The van der Waals surface area contributed by atoms with E-state index < -0.39 is 11.1 Å². The van der Waals surface area contributed by atoms with Gasteiger partial charge in [0.2, 0.25) is 0 Å². The normalized spacial score (nSPS) is 11.2. The van der Waals surface area contributed by atoms with Crippen molar-refractivity contribution in [1.82, 2.24) is 18.8 Å². The zero-order chi connectivity index (χ0) is 22.3. The maximum atomic E-state index is 13.3. The third-order valence-electron chi connectivity index (χ3n) is 5.65. The Labute approximate surface area is 176 Å². The number of fused-ring (bicyclic) bond motifs is 4. The fourth-order valence-electron chi connectivity index (χ4n) is 4.39. The summed E-state index contributed by atoms with van der Waals surface area (Å²) < 4.78 is 2.23. The molecule has 0 saturated carbocycles. The van der Waals surface area contributed by atoms with Gasteiger partial charge >= 0.3 is 11.2 Å². The molecule has 0 N–H and O–H groups in total. The number of rotatable bonds is 0. The molecule has 10 nitrogen and oxygen atoms in total. The molecular weight excluding hydrogens is 408 g/mol. The highest BCUT2D eigenvalue weighted by atomic mass is 16.1. The third-order valence-corrected chi connectivity index (χ3v) is 5.65. The Bertz CT molecular complexity index is 1970. The first-order valence-electron chi connectivity index (χ1n) is 9.06. The van der Waals surface area contributed by atoms with E-state index in [9.17, 15) is 20.1 Å². The van der Waals surface area contributed by atoms with Gasteiger partial charge in [0.1, 0.15) is 17.8 Å². The molecule has 0 aliphatic rings. The fourth-order valence-corrected chi connectivity index (χ4v) is 4.39. The number of hydrogen-bond acceptors (Lipinski definition) is 6. The van der Waals surface area contributed by atoms with Crippen LogP contribution in [0.3, 0.4) is 0 Å². The van der Waals surface area contributed by atoms with E-state index in [1.165, 1.54) is 12.1 Å². The van der Waals surface area contributed by atoms with Crippen LogP contribution in [0.25, 0.3) is 53.3 Å². The van der Waals surface area contributed by atoms with Crippen molar-refractivity contribution in [1.29, 1.82) is 10.5 Å².